The summed E-state index contributed by atoms with van der Waals surface area (Å²) in [6, 6.07) is 21.5. The number of halogens is 2. The first-order valence-electron chi connectivity index (χ1n) is 13.8. The van der Waals surface area contributed by atoms with Crippen LogP contribution in [0, 0.1) is 0 Å². The predicted molar refractivity (Wildman–Crippen MR) is 174 cm³/mol. The number of carbonyl (C=O) groups excluding carboxylic acids is 3. The lowest BCUT2D eigenvalue weighted by atomic mass is 10.0. The number of hydrogen-bond acceptors (Lipinski definition) is 6. The molecule has 1 aromatic heterocycles. The topological polar surface area (TPSA) is 121 Å². The van der Waals surface area contributed by atoms with Gasteiger partial charge in [0.25, 0.3) is 17.7 Å². The van der Waals surface area contributed by atoms with E-state index in [0.29, 0.717) is 31.6 Å². The number of aromatic nitrogens is 1. The zero-order valence-corrected chi connectivity index (χ0v) is 26.1. The molecule has 2 heterocycles. The Hall–Kier alpha value is -4.09. The number of rotatable bonds is 8. The molecule has 5 rings (SSSR count). The Kier molecular flexibility index (Phi) is 9.75. The minimum atomic E-state index is -3.03. The number of hydrogen-bond donors (Lipinski definition) is 2. The molecule has 1 fully saturated rings. The van der Waals surface area contributed by atoms with E-state index in [2.05, 4.69) is 20.0 Å². The van der Waals surface area contributed by atoms with Crippen LogP contribution >= 0.6 is 23.2 Å². The van der Waals surface area contributed by atoms with Crippen molar-refractivity contribution in [3.63, 3.8) is 0 Å². The summed E-state index contributed by atoms with van der Waals surface area (Å²) in [5.74, 6) is -1.09. The first-order valence-corrected chi connectivity index (χ1v) is 16.5. The Morgan fingerprint density at radius 2 is 1.59 bits per heavy atom. The molecule has 9 nitrogen and oxygen atoms in total. The van der Waals surface area contributed by atoms with E-state index >= 15 is 0 Å². The molecule has 1 aliphatic heterocycles. The van der Waals surface area contributed by atoms with Crippen molar-refractivity contribution in [2.75, 3.05) is 36.5 Å². The van der Waals surface area contributed by atoms with Gasteiger partial charge in [0, 0.05) is 23.0 Å². The molecule has 1 saturated heterocycles. The molecular weight excluding hydrogens is 621 g/mol. The summed E-state index contributed by atoms with van der Waals surface area (Å²) in [5, 5.41) is 6.18. The molecule has 0 bridgehead atoms. The van der Waals surface area contributed by atoms with Gasteiger partial charge in [-0.2, -0.15) is 4.36 Å². The Morgan fingerprint density at radius 1 is 0.886 bits per heavy atom. The number of pyridine rings is 1. The quantitative estimate of drug-likeness (QED) is 0.221. The maximum atomic E-state index is 13.7. The minimum absolute atomic E-state index is 0.147. The van der Waals surface area contributed by atoms with E-state index in [0.717, 1.165) is 25.9 Å². The summed E-state index contributed by atoms with van der Waals surface area (Å²) in [6.07, 6.45) is 4.97. The maximum Gasteiger partial charge on any atom is 0.268 e. The lowest BCUT2D eigenvalue weighted by molar-refractivity contribution is -0.118. The molecule has 0 radical (unpaired) electrons. The molecule has 1 unspecified atom stereocenters. The number of benzene rings is 3. The Bertz CT molecular complexity index is 1830. The zero-order chi connectivity index (χ0) is 31.3. The molecular formula is C32H29Cl2N5O4S. The molecule has 3 amide bonds. The zero-order valence-electron chi connectivity index (χ0n) is 23.8. The van der Waals surface area contributed by atoms with Crippen LogP contribution in [0.2, 0.25) is 10.0 Å². The highest BCUT2D eigenvalue weighted by Gasteiger charge is 2.20. The van der Waals surface area contributed by atoms with Gasteiger partial charge in [-0.3, -0.25) is 19.3 Å². The van der Waals surface area contributed by atoms with E-state index < -0.39 is 27.5 Å². The number of amides is 3. The fourth-order valence-electron chi connectivity index (χ4n) is 4.88. The van der Waals surface area contributed by atoms with Gasteiger partial charge in [0.2, 0.25) is 0 Å². The van der Waals surface area contributed by atoms with Crippen molar-refractivity contribution in [1.29, 1.82) is 0 Å². The molecule has 1 atom stereocenters. The molecule has 12 heteroatoms. The van der Waals surface area contributed by atoms with E-state index in [1.807, 2.05) is 17.0 Å². The van der Waals surface area contributed by atoms with Crippen molar-refractivity contribution in [2.24, 2.45) is 4.36 Å². The average Bonchev–Trinajstić information content (AvgIpc) is 3.52. The van der Waals surface area contributed by atoms with Crippen LogP contribution in [-0.2, 0) is 14.5 Å². The second-order valence-electron chi connectivity index (χ2n) is 10.3. The van der Waals surface area contributed by atoms with Crippen LogP contribution in [0.4, 0.5) is 11.5 Å². The van der Waals surface area contributed by atoms with Gasteiger partial charge >= 0.3 is 0 Å². The summed E-state index contributed by atoms with van der Waals surface area (Å²) in [4.78, 5) is 45.4. The molecule has 3 aromatic carbocycles. The normalized spacial score (nSPS) is 14.4. The number of anilines is 2. The minimum Gasteiger partial charge on any atom is -0.321 e. The Morgan fingerprint density at radius 3 is 2.30 bits per heavy atom. The third kappa shape index (κ3) is 7.70. The van der Waals surface area contributed by atoms with Gasteiger partial charge in [-0.1, -0.05) is 53.5 Å². The third-order valence-electron chi connectivity index (χ3n) is 7.03. The number of nitrogens with zero attached hydrogens (tertiary/aromatic N) is 3. The molecule has 4 aromatic rings. The van der Waals surface area contributed by atoms with Gasteiger partial charge in [-0.25, -0.2) is 9.19 Å². The SMILES string of the molecule is CS(=O)(=NC(=O)CN1CCCC1)c1ccccc1-c1ccc(C(=O)Nc2ccc(Cl)cc2C(=O)Nc2ccc(Cl)cn2)cc1. The van der Waals surface area contributed by atoms with Crippen LogP contribution in [0.1, 0.15) is 33.6 Å². The second kappa shape index (κ2) is 13.7. The van der Waals surface area contributed by atoms with Gasteiger partial charge in [0.15, 0.2) is 0 Å². The van der Waals surface area contributed by atoms with E-state index in [4.69, 9.17) is 23.2 Å². The second-order valence-corrected chi connectivity index (χ2v) is 13.4. The van der Waals surface area contributed by atoms with Crippen LogP contribution in [0.3, 0.4) is 0 Å². The lowest BCUT2D eigenvalue weighted by Gasteiger charge is -2.14. The van der Waals surface area contributed by atoms with Gasteiger partial charge in [0.05, 0.1) is 37.4 Å². The van der Waals surface area contributed by atoms with E-state index in [1.54, 1.807) is 60.7 Å². The van der Waals surface area contributed by atoms with Crippen molar-refractivity contribution >= 4 is 62.2 Å². The van der Waals surface area contributed by atoms with Crippen molar-refractivity contribution in [2.45, 2.75) is 17.7 Å². The summed E-state index contributed by atoms with van der Waals surface area (Å²) in [5.41, 5.74) is 2.09. The van der Waals surface area contributed by atoms with Crippen LogP contribution in [0.5, 0.6) is 0 Å². The predicted octanol–water partition coefficient (Wildman–Crippen LogP) is 6.64. The van der Waals surface area contributed by atoms with Crippen molar-refractivity contribution in [1.82, 2.24) is 9.88 Å². The molecule has 0 saturated carbocycles. The van der Waals surface area contributed by atoms with Crippen molar-refractivity contribution in [3.05, 3.63) is 106 Å². The molecule has 44 heavy (non-hydrogen) atoms. The van der Waals surface area contributed by atoms with E-state index in [9.17, 15) is 18.6 Å². The Labute approximate surface area is 265 Å². The van der Waals surface area contributed by atoms with Gasteiger partial charge in [-0.15, -0.1) is 0 Å². The van der Waals surface area contributed by atoms with Crippen molar-refractivity contribution in [3.8, 4) is 11.1 Å². The molecule has 2 N–H and O–H groups in total. The number of likely N-dealkylation sites (tertiary alicyclic amines) is 1. The van der Waals surface area contributed by atoms with Crippen LogP contribution in [0.15, 0.2) is 94.3 Å². The van der Waals surface area contributed by atoms with Crippen molar-refractivity contribution < 1.29 is 18.6 Å². The van der Waals surface area contributed by atoms with E-state index in [1.165, 1.54) is 18.5 Å². The molecule has 1 aliphatic rings. The van der Waals surface area contributed by atoms with Gasteiger partial charge < -0.3 is 10.6 Å². The van der Waals surface area contributed by atoms with Crippen LogP contribution in [0.25, 0.3) is 11.1 Å². The Balaban J connectivity index is 1.34. The lowest BCUT2D eigenvalue weighted by Crippen LogP contribution is -2.26. The summed E-state index contributed by atoms with van der Waals surface area (Å²) < 4.78 is 17.8. The highest BCUT2D eigenvalue weighted by molar-refractivity contribution is 7.93. The highest BCUT2D eigenvalue weighted by Crippen LogP contribution is 2.29. The summed E-state index contributed by atoms with van der Waals surface area (Å²) >= 11 is 12.0. The molecule has 0 spiro atoms. The maximum absolute atomic E-state index is 13.7. The largest absolute Gasteiger partial charge is 0.321 e. The fourth-order valence-corrected chi connectivity index (χ4v) is 6.64. The average molecular weight is 651 g/mol. The number of nitrogens with one attached hydrogen (secondary N) is 2. The van der Waals surface area contributed by atoms with Crippen LogP contribution < -0.4 is 10.6 Å². The smallest absolute Gasteiger partial charge is 0.268 e. The highest BCUT2D eigenvalue weighted by atomic mass is 35.5. The first-order chi connectivity index (χ1) is 21.1. The van der Waals surface area contributed by atoms with Gasteiger partial charge in [-0.05, 0) is 85.6 Å². The monoisotopic (exact) mass is 649 g/mol. The molecule has 0 aliphatic carbocycles. The molecule has 226 valence electrons. The van der Waals surface area contributed by atoms with Crippen LogP contribution in [-0.4, -0.2) is 57.7 Å². The third-order valence-corrected chi connectivity index (χ3v) is 9.21. The fraction of sp³-hybridized carbons (Fsp3) is 0.188. The van der Waals surface area contributed by atoms with Gasteiger partial charge in [0.1, 0.15) is 5.82 Å². The summed E-state index contributed by atoms with van der Waals surface area (Å²) in [6.45, 7) is 1.85. The summed E-state index contributed by atoms with van der Waals surface area (Å²) in [7, 11) is -3.03. The number of carbonyl (C=O) groups is 3. The standard InChI is InChI=1S/C32H29Cl2N5O4S/c1-44(43,38-30(40)20-39-16-4-5-17-39)28-7-3-2-6-25(28)21-8-10-22(11-9-21)31(41)36-27-14-12-23(33)18-26(27)32(42)37-29-15-13-24(34)19-35-29/h2-3,6-15,18-19H,4-5,16-17,20H2,1H3,(H,36,41)(H,35,37,42). The van der Waals surface area contributed by atoms with E-state index in [-0.39, 0.29) is 23.6 Å². The first kappa shape index (κ1) is 31.3.